The van der Waals surface area contributed by atoms with Crippen LogP contribution in [0.5, 0.6) is 0 Å². The van der Waals surface area contributed by atoms with Crippen LogP contribution in [0.3, 0.4) is 0 Å². The van der Waals surface area contributed by atoms with Gasteiger partial charge in [0.2, 0.25) is 0 Å². The quantitative estimate of drug-likeness (QED) is 0.336. The molecule has 4 rings (SSSR count). The fraction of sp³-hybridized carbons (Fsp3) is 0. The normalized spacial score (nSPS) is 11.0. The molecular weight excluding hydrogens is 391 g/mol. The topological polar surface area (TPSA) is 30.2 Å². The zero-order chi connectivity index (χ0) is 18.3. The second kappa shape index (κ2) is 6.81. The van der Waals surface area contributed by atoms with E-state index in [1.807, 2.05) is 12.1 Å². The summed E-state index contributed by atoms with van der Waals surface area (Å²) in [6.45, 7) is 0. The largest absolute Gasteiger partial charge is 0.422 e. The Balaban J connectivity index is 2.14. The van der Waals surface area contributed by atoms with Crippen molar-refractivity contribution in [1.29, 1.82) is 0 Å². The lowest BCUT2D eigenvalue weighted by Crippen LogP contribution is -2.06. The fourth-order valence-corrected chi connectivity index (χ4v) is 3.39. The van der Waals surface area contributed by atoms with Crippen molar-refractivity contribution in [2.24, 2.45) is 0 Å². The number of halogens is 3. The van der Waals surface area contributed by atoms with E-state index in [9.17, 15) is 4.79 Å². The van der Waals surface area contributed by atoms with Gasteiger partial charge in [0.1, 0.15) is 5.58 Å². The third-order valence-electron chi connectivity index (χ3n) is 4.13. The lowest BCUT2D eigenvalue weighted by molar-refractivity contribution is 0.564. The number of rotatable bonds is 2. The molecule has 128 valence electrons. The molecule has 0 amide bonds. The molecule has 0 atom stereocenters. The summed E-state index contributed by atoms with van der Waals surface area (Å²) in [4.78, 5) is 12.8. The molecule has 0 saturated heterocycles. The number of hydrogen-bond acceptors (Lipinski definition) is 2. The summed E-state index contributed by atoms with van der Waals surface area (Å²) in [6.07, 6.45) is 0. The van der Waals surface area contributed by atoms with Gasteiger partial charge < -0.3 is 4.42 Å². The Kier molecular flexibility index (Phi) is 4.49. The van der Waals surface area contributed by atoms with Crippen molar-refractivity contribution in [2.45, 2.75) is 0 Å². The van der Waals surface area contributed by atoms with Crippen LogP contribution in [0.2, 0.25) is 15.1 Å². The molecule has 3 aromatic carbocycles. The maximum absolute atomic E-state index is 12.8. The highest BCUT2D eigenvalue weighted by Crippen LogP contribution is 2.37. The first kappa shape index (κ1) is 17.2. The van der Waals surface area contributed by atoms with E-state index in [2.05, 4.69) is 0 Å². The van der Waals surface area contributed by atoms with E-state index in [4.69, 9.17) is 39.2 Å². The highest BCUT2D eigenvalue weighted by Gasteiger charge is 2.18. The minimum Gasteiger partial charge on any atom is -0.422 e. The van der Waals surface area contributed by atoms with Crippen molar-refractivity contribution in [3.05, 3.63) is 92.2 Å². The van der Waals surface area contributed by atoms with Crippen molar-refractivity contribution < 1.29 is 4.42 Å². The van der Waals surface area contributed by atoms with Gasteiger partial charge in [-0.3, -0.25) is 0 Å². The third-order valence-corrected chi connectivity index (χ3v) is 4.87. The molecule has 1 aromatic heterocycles. The smallest absolute Gasteiger partial charge is 0.344 e. The molecule has 0 spiro atoms. The van der Waals surface area contributed by atoms with Gasteiger partial charge >= 0.3 is 5.63 Å². The van der Waals surface area contributed by atoms with Crippen molar-refractivity contribution in [2.75, 3.05) is 0 Å². The van der Waals surface area contributed by atoms with Crippen molar-refractivity contribution in [3.8, 4) is 22.3 Å². The molecule has 0 N–H and O–H groups in total. The van der Waals surface area contributed by atoms with Gasteiger partial charge in [-0.05, 0) is 53.6 Å². The second-order valence-electron chi connectivity index (χ2n) is 5.79. The zero-order valence-electron chi connectivity index (χ0n) is 13.3. The minimum atomic E-state index is -0.424. The Labute approximate surface area is 164 Å². The summed E-state index contributed by atoms with van der Waals surface area (Å²) in [5.41, 5.74) is 2.82. The van der Waals surface area contributed by atoms with E-state index < -0.39 is 5.63 Å². The standard InChI is InChI=1S/C21H11Cl3O2/c22-14-5-1-12(2-6-14)19-17-11-16(24)9-10-18(17)26-21(25)20(19)13-3-7-15(23)8-4-13/h1-11H. The Morgan fingerprint density at radius 1 is 0.615 bits per heavy atom. The first-order chi connectivity index (χ1) is 12.5. The predicted molar refractivity (Wildman–Crippen MR) is 108 cm³/mol. The molecule has 0 saturated carbocycles. The first-order valence-corrected chi connectivity index (χ1v) is 8.94. The molecule has 0 bridgehead atoms. The minimum absolute atomic E-state index is 0.424. The van der Waals surface area contributed by atoms with Crippen LogP contribution in [0.15, 0.2) is 75.9 Å². The summed E-state index contributed by atoms with van der Waals surface area (Å²) in [7, 11) is 0. The lowest BCUT2D eigenvalue weighted by atomic mass is 9.93. The van der Waals surface area contributed by atoms with Crippen LogP contribution in [-0.2, 0) is 0 Å². The summed E-state index contributed by atoms with van der Waals surface area (Å²) < 4.78 is 5.55. The average molecular weight is 402 g/mol. The average Bonchev–Trinajstić information content (AvgIpc) is 2.63. The second-order valence-corrected chi connectivity index (χ2v) is 7.10. The molecular formula is C21H11Cl3O2. The van der Waals surface area contributed by atoms with Gasteiger partial charge in [-0.15, -0.1) is 0 Å². The Morgan fingerprint density at radius 3 is 1.69 bits per heavy atom. The summed E-state index contributed by atoms with van der Waals surface area (Å²) in [5, 5.41) is 2.52. The van der Waals surface area contributed by atoms with Gasteiger partial charge in [0.15, 0.2) is 0 Å². The van der Waals surface area contributed by atoms with Crippen molar-refractivity contribution >= 4 is 45.8 Å². The van der Waals surface area contributed by atoms with Gasteiger partial charge in [0.25, 0.3) is 0 Å². The third kappa shape index (κ3) is 3.12. The predicted octanol–water partition coefficient (Wildman–Crippen LogP) is 7.09. The Morgan fingerprint density at radius 2 is 1.12 bits per heavy atom. The molecule has 5 heteroatoms. The fourth-order valence-electron chi connectivity index (χ4n) is 2.97. The van der Waals surface area contributed by atoms with Gasteiger partial charge in [-0.2, -0.15) is 0 Å². The van der Waals surface area contributed by atoms with Crippen molar-refractivity contribution in [1.82, 2.24) is 0 Å². The van der Waals surface area contributed by atoms with E-state index >= 15 is 0 Å². The molecule has 0 aliphatic rings. The monoisotopic (exact) mass is 400 g/mol. The van der Waals surface area contributed by atoms with Crippen LogP contribution in [-0.4, -0.2) is 0 Å². The van der Waals surface area contributed by atoms with E-state index in [0.29, 0.717) is 26.2 Å². The van der Waals surface area contributed by atoms with E-state index in [1.165, 1.54) is 0 Å². The Hall–Kier alpha value is -2.26. The van der Waals surface area contributed by atoms with E-state index in [1.54, 1.807) is 54.6 Å². The van der Waals surface area contributed by atoms with Crippen molar-refractivity contribution in [3.63, 3.8) is 0 Å². The highest BCUT2D eigenvalue weighted by atomic mass is 35.5. The van der Waals surface area contributed by atoms with Crippen LogP contribution in [0.1, 0.15) is 0 Å². The molecule has 0 unspecified atom stereocenters. The van der Waals surface area contributed by atoms with Gasteiger partial charge in [0, 0.05) is 26.0 Å². The van der Waals surface area contributed by atoms with E-state index in [-0.39, 0.29) is 0 Å². The molecule has 0 aliphatic carbocycles. The zero-order valence-corrected chi connectivity index (χ0v) is 15.6. The van der Waals surface area contributed by atoms with Crippen LogP contribution in [0.4, 0.5) is 0 Å². The van der Waals surface area contributed by atoms with Gasteiger partial charge in [0.05, 0.1) is 5.56 Å². The molecule has 4 aromatic rings. The highest BCUT2D eigenvalue weighted by molar-refractivity contribution is 6.32. The van der Waals surface area contributed by atoms with Gasteiger partial charge in [-0.25, -0.2) is 4.79 Å². The summed E-state index contributed by atoms with van der Waals surface area (Å²) in [5.74, 6) is 0. The Bertz CT molecular complexity index is 1160. The summed E-state index contributed by atoms with van der Waals surface area (Å²) >= 11 is 18.2. The van der Waals surface area contributed by atoms with Crippen LogP contribution in [0.25, 0.3) is 33.2 Å². The molecule has 2 nitrogen and oxygen atoms in total. The number of fused-ring (bicyclic) bond motifs is 1. The molecule has 0 aliphatic heterocycles. The molecule has 0 fully saturated rings. The maximum atomic E-state index is 12.8. The number of hydrogen-bond donors (Lipinski definition) is 0. The van der Waals surface area contributed by atoms with Crippen LogP contribution in [0, 0.1) is 0 Å². The summed E-state index contributed by atoms with van der Waals surface area (Å²) in [6, 6.07) is 19.6. The maximum Gasteiger partial charge on any atom is 0.344 e. The first-order valence-electron chi connectivity index (χ1n) is 7.81. The van der Waals surface area contributed by atoms with Gasteiger partial charge in [-0.1, -0.05) is 59.1 Å². The molecule has 26 heavy (non-hydrogen) atoms. The van der Waals surface area contributed by atoms with Crippen LogP contribution >= 0.6 is 34.8 Å². The van der Waals surface area contributed by atoms with Crippen LogP contribution < -0.4 is 5.63 Å². The molecule has 1 heterocycles. The SMILES string of the molecule is O=c1oc2ccc(Cl)cc2c(-c2ccc(Cl)cc2)c1-c1ccc(Cl)cc1. The lowest BCUT2D eigenvalue weighted by Gasteiger charge is -2.13. The van der Waals surface area contributed by atoms with E-state index in [0.717, 1.165) is 22.1 Å². The molecule has 0 radical (unpaired) electrons. The number of benzene rings is 3.